The molecule has 0 aliphatic rings. The summed E-state index contributed by atoms with van der Waals surface area (Å²) in [5, 5.41) is 0. The normalized spacial score (nSPS) is 12.2. The predicted octanol–water partition coefficient (Wildman–Crippen LogP) is 5.65. The number of Topliss-reactive ketones (excluding diaryl/α,β-unsaturated/α-hetero) is 2. The van der Waals surface area contributed by atoms with Gasteiger partial charge < -0.3 is 0 Å². The summed E-state index contributed by atoms with van der Waals surface area (Å²) in [7, 11) is 0. The third kappa shape index (κ3) is 3.43. The summed E-state index contributed by atoms with van der Waals surface area (Å²) >= 11 is 0. The Hall–Kier alpha value is -2.74. The molecule has 0 spiro atoms. The third-order valence-electron chi connectivity index (χ3n) is 4.22. The summed E-state index contributed by atoms with van der Waals surface area (Å²) in [5.41, 5.74) is 4.19. The van der Waals surface area contributed by atoms with E-state index in [-0.39, 0.29) is 11.6 Å². The van der Waals surface area contributed by atoms with Crippen LogP contribution in [0.3, 0.4) is 0 Å². The lowest BCUT2D eigenvalue weighted by molar-refractivity contribution is 0.102. The highest BCUT2D eigenvalue weighted by Crippen LogP contribution is 2.30. The van der Waals surface area contributed by atoms with E-state index in [1.165, 1.54) is 0 Å². The Balaban J connectivity index is 2.67. The summed E-state index contributed by atoms with van der Waals surface area (Å²) in [5.74, 6) is -0.0313. The fourth-order valence-corrected chi connectivity index (χ4v) is 2.52. The molecule has 2 nitrogen and oxygen atoms in total. The van der Waals surface area contributed by atoms with Crippen molar-refractivity contribution in [1.82, 2.24) is 0 Å². The summed E-state index contributed by atoms with van der Waals surface area (Å²) in [4.78, 5) is 25.4. The largest absolute Gasteiger partial charge is 0.289 e. The van der Waals surface area contributed by atoms with E-state index in [2.05, 4.69) is 0 Å². The molecular formula is C22H22O2. The smallest absolute Gasteiger partial charge is 0.189 e. The number of ketones is 2. The van der Waals surface area contributed by atoms with Gasteiger partial charge in [0.05, 0.1) is 0 Å². The quantitative estimate of drug-likeness (QED) is 0.527. The minimum atomic E-state index is -0.0156. The number of allylic oxidation sites excluding steroid dienone is 4. The minimum absolute atomic E-state index is 0.0156. The lowest BCUT2D eigenvalue weighted by Crippen LogP contribution is -2.07. The second kappa shape index (κ2) is 7.69. The summed E-state index contributed by atoms with van der Waals surface area (Å²) < 4.78 is 0. The molecule has 0 aliphatic heterocycles. The molecule has 0 saturated heterocycles. The third-order valence-corrected chi connectivity index (χ3v) is 4.22. The second-order valence-corrected chi connectivity index (χ2v) is 5.69. The first-order chi connectivity index (χ1) is 11.5. The monoisotopic (exact) mass is 318 g/mol. The Kier molecular flexibility index (Phi) is 5.64. The van der Waals surface area contributed by atoms with E-state index in [1.807, 2.05) is 62.4 Å². The average Bonchev–Trinajstić information content (AvgIpc) is 2.65. The minimum Gasteiger partial charge on any atom is -0.289 e. The molecule has 0 aromatic heterocycles. The van der Waals surface area contributed by atoms with Gasteiger partial charge in [-0.3, -0.25) is 9.59 Å². The lowest BCUT2D eigenvalue weighted by Gasteiger charge is -2.13. The number of rotatable bonds is 5. The van der Waals surface area contributed by atoms with E-state index in [9.17, 15) is 9.59 Å². The maximum absolute atomic E-state index is 12.7. The molecule has 0 aliphatic carbocycles. The zero-order valence-corrected chi connectivity index (χ0v) is 14.6. The second-order valence-electron chi connectivity index (χ2n) is 5.69. The molecule has 2 rings (SSSR count). The van der Waals surface area contributed by atoms with Crippen LogP contribution in [0.25, 0.3) is 11.1 Å². The maximum atomic E-state index is 12.7. The van der Waals surface area contributed by atoms with Gasteiger partial charge in [0, 0.05) is 11.1 Å². The predicted molar refractivity (Wildman–Crippen MR) is 99.4 cm³/mol. The highest BCUT2D eigenvalue weighted by molar-refractivity contribution is 6.16. The van der Waals surface area contributed by atoms with Crippen LogP contribution >= 0.6 is 0 Å². The van der Waals surface area contributed by atoms with Gasteiger partial charge in [-0.1, -0.05) is 60.7 Å². The van der Waals surface area contributed by atoms with Crippen molar-refractivity contribution in [3.8, 4) is 11.1 Å². The van der Waals surface area contributed by atoms with Crippen LogP contribution in [-0.4, -0.2) is 11.6 Å². The summed E-state index contributed by atoms with van der Waals surface area (Å²) in [6.07, 6.45) is 3.61. The standard InChI is InChI=1S/C22H22O2/c1-5-15(3)21(23)19-13-9-7-11-17(19)18-12-8-10-14-20(18)22(24)16(4)6-2/h5-14H,1-4H3/b15-5+,16-6+. The van der Waals surface area contributed by atoms with Gasteiger partial charge >= 0.3 is 0 Å². The Morgan fingerprint density at radius 1 is 0.667 bits per heavy atom. The molecule has 0 unspecified atom stereocenters. The molecule has 0 saturated carbocycles. The molecule has 0 bridgehead atoms. The number of carbonyl (C=O) groups is 2. The van der Waals surface area contributed by atoms with E-state index in [0.717, 1.165) is 11.1 Å². The first-order valence-corrected chi connectivity index (χ1v) is 8.04. The van der Waals surface area contributed by atoms with E-state index in [0.29, 0.717) is 22.3 Å². The van der Waals surface area contributed by atoms with Crippen LogP contribution in [0.1, 0.15) is 48.4 Å². The molecule has 0 heterocycles. The molecule has 0 N–H and O–H groups in total. The van der Waals surface area contributed by atoms with Gasteiger partial charge in [0.25, 0.3) is 0 Å². The fraction of sp³-hybridized carbons (Fsp3) is 0.182. The van der Waals surface area contributed by atoms with Crippen molar-refractivity contribution in [2.45, 2.75) is 27.7 Å². The molecular weight excluding hydrogens is 296 g/mol. The van der Waals surface area contributed by atoms with Crippen LogP contribution in [0.15, 0.2) is 71.8 Å². The molecule has 0 atom stereocenters. The number of benzene rings is 2. The van der Waals surface area contributed by atoms with E-state index < -0.39 is 0 Å². The average molecular weight is 318 g/mol. The first kappa shape index (κ1) is 17.6. The van der Waals surface area contributed by atoms with Crippen LogP contribution in [0.5, 0.6) is 0 Å². The van der Waals surface area contributed by atoms with Gasteiger partial charge in [-0.05, 0) is 50.0 Å². The van der Waals surface area contributed by atoms with Crippen molar-refractivity contribution in [1.29, 1.82) is 0 Å². The topological polar surface area (TPSA) is 34.1 Å². The molecule has 0 fully saturated rings. The van der Waals surface area contributed by atoms with Crippen LogP contribution in [0.2, 0.25) is 0 Å². The number of hydrogen-bond donors (Lipinski definition) is 0. The SMILES string of the molecule is C/C=C(\C)C(=O)c1ccccc1-c1ccccc1C(=O)/C(C)=C/C. The Labute approximate surface area is 143 Å². The zero-order chi connectivity index (χ0) is 17.7. The number of carbonyl (C=O) groups excluding carboxylic acids is 2. The van der Waals surface area contributed by atoms with E-state index >= 15 is 0 Å². The number of hydrogen-bond acceptors (Lipinski definition) is 2. The van der Waals surface area contributed by atoms with Crippen molar-refractivity contribution >= 4 is 11.6 Å². The Bertz CT molecular complexity index is 767. The van der Waals surface area contributed by atoms with E-state index in [1.54, 1.807) is 26.0 Å². The van der Waals surface area contributed by atoms with Crippen molar-refractivity contribution in [2.24, 2.45) is 0 Å². The van der Waals surface area contributed by atoms with Gasteiger partial charge in [-0.2, -0.15) is 0 Å². The molecule has 2 heteroatoms. The van der Waals surface area contributed by atoms with Crippen molar-refractivity contribution in [3.63, 3.8) is 0 Å². The molecule has 0 amide bonds. The van der Waals surface area contributed by atoms with Gasteiger partial charge in [0.1, 0.15) is 0 Å². The van der Waals surface area contributed by atoms with Gasteiger partial charge in [0.15, 0.2) is 11.6 Å². The highest BCUT2D eigenvalue weighted by atomic mass is 16.1. The van der Waals surface area contributed by atoms with Gasteiger partial charge in [-0.15, -0.1) is 0 Å². The van der Waals surface area contributed by atoms with Gasteiger partial charge in [0.2, 0.25) is 0 Å². The van der Waals surface area contributed by atoms with Crippen molar-refractivity contribution in [3.05, 3.63) is 83.0 Å². The molecule has 122 valence electrons. The first-order valence-electron chi connectivity index (χ1n) is 8.04. The molecule has 0 radical (unpaired) electrons. The van der Waals surface area contributed by atoms with Crippen LogP contribution < -0.4 is 0 Å². The summed E-state index contributed by atoms with van der Waals surface area (Å²) in [6.45, 7) is 7.31. The highest BCUT2D eigenvalue weighted by Gasteiger charge is 2.18. The molecule has 2 aromatic rings. The van der Waals surface area contributed by atoms with Crippen LogP contribution in [0, 0.1) is 0 Å². The zero-order valence-electron chi connectivity index (χ0n) is 14.6. The lowest BCUT2D eigenvalue weighted by atomic mass is 9.89. The van der Waals surface area contributed by atoms with Crippen LogP contribution in [-0.2, 0) is 0 Å². The molecule has 2 aromatic carbocycles. The Morgan fingerprint density at radius 2 is 1.00 bits per heavy atom. The molecule has 24 heavy (non-hydrogen) atoms. The fourth-order valence-electron chi connectivity index (χ4n) is 2.52. The van der Waals surface area contributed by atoms with Crippen molar-refractivity contribution in [2.75, 3.05) is 0 Å². The van der Waals surface area contributed by atoms with Crippen LogP contribution in [0.4, 0.5) is 0 Å². The Morgan fingerprint density at radius 3 is 1.33 bits per heavy atom. The summed E-state index contributed by atoms with van der Waals surface area (Å²) in [6, 6.07) is 14.9. The van der Waals surface area contributed by atoms with Gasteiger partial charge in [-0.25, -0.2) is 0 Å². The van der Waals surface area contributed by atoms with E-state index in [4.69, 9.17) is 0 Å². The van der Waals surface area contributed by atoms with Crippen molar-refractivity contribution < 1.29 is 9.59 Å². The maximum Gasteiger partial charge on any atom is 0.189 e.